The van der Waals surface area contributed by atoms with Gasteiger partial charge in [0.25, 0.3) is 0 Å². The lowest BCUT2D eigenvalue weighted by Crippen LogP contribution is -2.22. The second-order valence-electron chi connectivity index (χ2n) is 7.49. The first-order valence-corrected chi connectivity index (χ1v) is 10.9. The van der Waals surface area contributed by atoms with Gasteiger partial charge in [-0.05, 0) is 31.9 Å². The molecule has 1 aliphatic carbocycles. The van der Waals surface area contributed by atoms with Crippen LogP contribution in [0.25, 0.3) is 21.6 Å². The molecule has 0 spiro atoms. The number of aromatic nitrogens is 4. The van der Waals surface area contributed by atoms with E-state index in [0.29, 0.717) is 6.04 Å². The average molecular weight is 406 g/mol. The molecular formula is C22H23N5OS. The van der Waals surface area contributed by atoms with Crippen LogP contribution in [-0.4, -0.2) is 26.2 Å². The Kier molecular flexibility index (Phi) is 4.89. The summed E-state index contributed by atoms with van der Waals surface area (Å²) in [7, 11) is 0. The number of H-pyrrole nitrogens is 1. The molecule has 148 valence electrons. The number of hydrogen-bond donors (Lipinski definition) is 2. The van der Waals surface area contributed by atoms with Crippen molar-refractivity contribution >= 4 is 28.2 Å². The van der Waals surface area contributed by atoms with Gasteiger partial charge in [-0.3, -0.25) is 5.10 Å². The molecular weight excluding hydrogens is 382 g/mol. The summed E-state index contributed by atoms with van der Waals surface area (Å²) in [5, 5.41) is 13.0. The van der Waals surface area contributed by atoms with Crippen LogP contribution in [0.2, 0.25) is 0 Å². The summed E-state index contributed by atoms with van der Waals surface area (Å²) in [6.07, 6.45) is 9.86. The van der Waals surface area contributed by atoms with Crippen molar-refractivity contribution in [2.24, 2.45) is 0 Å². The first-order chi connectivity index (χ1) is 14.3. The van der Waals surface area contributed by atoms with E-state index < -0.39 is 0 Å². The lowest BCUT2D eigenvalue weighted by atomic mass is 9.95. The van der Waals surface area contributed by atoms with Crippen molar-refractivity contribution in [3.8, 4) is 22.1 Å². The number of aryl methyl sites for hydroxylation is 1. The molecule has 6 nitrogen and oxygen atoms in total. The van der Waals surface area contributed by atoms with Gasteiger partial charge in [-0.15, -0.1) is 11.3 Å². The van der Waals surface area contributed by atoms with Crippen molar-refractivity contribution in [3.05, 3.63) is 47.6 Å². The quantitative estimate of drug-likeness (QED) is 0.430. The highest BCUT2D eigenvalue weighted by molar-refractivity contribution is 7.14. The molecule has 0 bridgehead atoms. The molecule has 0 radical (unpaired) electrons. The monoisotopic (exact) mass is 405 g/mol. The van der Waals surface area contributed by atoms with Gasteiger partial charge in [0.15, 0.2) is 11.5 Å². The van der Waals surface area contributed by atoms with Crippen molar-refractivity contribution in [3.63, 3.8) is 0 Å². The molecule has 2 N–H and O–H groups in total. The van der Waals surface area contributed by atoms with Gasteiger partial charge >= 0.3 is 0 Å². The van der Waals surface area contributed by atoms with E-state index in [0.717, 1.165) is 38.9 Å². The Bertz CT molecular complexity index is 1130. The van der Waals surface area contributed by atoms with E-state index in [4.69, 9.17) is 4.74 Å². The van der Waals surface area contributed by atoms with Gasteiger partial charge in [0.05, 0.1) is 0 Å². The van der Waals surface area contributed by atoms with Crippen molar-refractivity contribution in [1.82, 2.24) is 20.2 Å². The number of fused-ring (bicyclic) bond motifs is 1. The molecule has 3 aromatic heterocycles. The van der Waals surface area contributed by atoms with E-state index in [9.17, 15) is 0 Å². The summed E-state index contributed by atoms with van der Waals surface area (Å²) in [4.78, 5) is 10.1. The highest BCUT2D eigenvalue weighted by Crippen LogP contribution is 2.35. The summed E-state index contributed by atoms with van der Waals surface area (Å²) in [6.45, 7) is 2.06. The van der Waals surface area contributed by atoms with Crippen molar-refractivity contribution in [2.45, 2.75) is 45.1 Å². The Hall–Kier alpha value is -2.93. The number of nitrogens with one attached hydrogen (secondary N) is 2. The van der Waals surface area contributed by atoms with Gasteiger partial charge in [-0.25, -0.2) is 9.97 Å². The fourth-order valence-electron chi connectivity index (χ4n) is 3.86. The maximum Gasteiger partial charge on any atom is 0.161 e. The Morgan fingerprint density at radius 3 is 2.86 bits per heavy atom. The standard InChI is InChI=1S/C22H23N5OS/c1-14-13-24-22(29-14)15-6-5-9-17(12-15)28-18-10-11-23-20-19(18)21(27-26-20)25-16-7-3-2-4-8-16/h5-6,9-13,16H,2-4,7-8H2,1H3,(H2,23,25,26,27). The third-order valence-corrected chi connectivity index (χ3v) is 6.26. The Labute approximate surface area is 173 Å². The van der Waals surface area contributed by atoms with E-state index in [1.165, 1.54) is 37.0 Å². The van der Waals surface area contributed by atoms with Crippen LogP contribution >= 0.6 is 11.3 Å². The zero-order chi connectivity index (χ0) is 19.6. The minimum absolute atomic E-state index is 0.458. The van der Waals surface area contributed by atoms with Crippen LogP contribution in [0.4, 0.5) is 5.82 Å². The molecule has 0 atom stereocenters. The summed E-state index contributed by atoms with van der Waals surface area (Å²) in [5.41, 5.74) is 1.78. The molecule has 7 heteroatoms. The summed E-state index contributed by atoms with van der Waals surface area (Å²) in [6, 6.07) is 10.4. The number of thiazole rings is 1. The predicted molar refractivity (Wildman–Crippen MR) is 117 cm³/mol. The van der Waals surface area contributed by atoms with Crippen LogP contribution in [0.5, 0.6) is 11.5 Å². The third-order valence-electron chi connectivity index (χ3n) is 5.30. The van der Waals surface area contributed by atoms with Gasteiger partial charge in [-0.1, -0.05) is 31.4 Å². The zero-order valence-electron chi connectivity index (χ0n) is 16.3. The Morgan fingerprint density at radius 1 is 1.14 bits per heavy atom. The first-order valence-electron chi connectivity index (χ1n) is 10.1. The van der Waals surface area contributed by atoms with Crippen molar-refractivity contribution in [1.29, 1.82) is 0 Å². The Balaban J connectivity index is 1.45. The number of aromatic amines is 1. The molecule has 1 aromatic carbocycles. The maximum atomic E-state index is 6.29. The van der Waals surface area contributed by atoms with E-state index in [-0.39, 0.29) is 0 Å². The molecule has 0 saturated heterocycles. The smallest absolute Gasteiger partial charge is 0.161 e. The summed E-state index contributed by atoms with van der Waals surface area (Å²) >= 11 is 1.68. The van der Waals surface area contributed by atoms with Crippen LogP contribution in [0, 0.1) is 6.92 Å². The molecule has 1 saturated carbocycles. The predicted octanol–water partition coefficient (Wildman–Crippen LogP) is 5.93. The van der Waals surface area contributed by atoms with Crippen molar-refractivity contribution < 1.29 is 4.74 Å². The second kappa shape index (κ2) is 7.83. The molecule has 1 aliphatic rings. The van der Waals surface area contributed by atoms with Gasteiger partial charge in [0.1, 0.15) is 21.9 Å². The van der Waals surface area contributed by atoms with Crippen LogP contribution < -0.4 is 10.1 Å². The number of nitrogens with zero attached hydrogens (tertiary/aromatic N) is 3. The molecule has 5 rings (SSSR count). The minimum atomic E-state index is 0.458. The van der Waals surface area contributed by atoms with E-state index in [2.05, 4.69) is 38.5 Å². The molecule has 0 amide bonds. The Morgan fingerprint density at radius 2 is 2.03 bits per heavy atom. The number of anilines is 1. The first kappa shape index (κ1) is 18.1. The van der Waals surface area contributed by atoms with Crippen LogP contribution in [0.3, 0.4) is 0 Å². The number of pyridine rings is 1. The van der Waals surface area contributed by atoms with E-state index >= 15 is 0 Å². The van der Waals surface area contributed by atoms with Crippen molar-refractivity contribution in [2.75, 3.05) is 5.32 Å². The summed E-state index contributed by atoms with van der Waals surface area (Å²) in [5.74, 6) is 2.34. The maximum absolute atomic E-state index is 6.29. The lowest BCUT2D eigenvalue weighted by Gasteiger charge is -2.22. The average Bonchev–Trinajstić information content (AvgIpc) is 3.36. The van der Waals surface area contributed by atoms with Gasteiger partial charge in [0, 0.05) is 34.9 Å². The lowest BCUT2D eigenvalue weighted by molar-refractivity contribution is 0.461. The minimum Gasteiger partial charge on any atom is -0.456 e. The van der Waals surface area contributed by atoms with Crippen LogP contribution in [0.15, 0.2) is 42.7 Å². The normalized spacial score (nSPS) is 14.9. The molecule has 4 aromatic rings. The molecule has 0 unspecified atom stereocenters. The fourth-order valence-corrected chi connectivity index (χ4v) is 4.62. The van der Waals surface area contributed by atoms with E-state index in [1.807, 2.05) is 30.5 Å². The van der Waals surface area contributed by atoms with Gasteiger partial charge < -0.3 is 10.1 Å². The fraction of sp³-hybridized carbons (Fsp3) is 0.318. The summed E-state index contributed by atoms with van der Waals surface area (Å²) < 4.78 is 6.29. The number of benzene rings is 1. The number of ether oxygens (including phenoxy) is 1. The van der Waals surface area contributed by atoms with Crippen LogP contribution in [0.1, 0.15) is 37.0 Å². The number of hydrogen-bond acceptors (Lipinski definition) is 6. The highest BCUT2D eigenvalue weighted by Gasteiger charge is 2.19. The molecule has 3 heterocycles. The molecule has 29 heavy (non-hydrogen) atoms. The molecule has 0 aliphatic heterocycles. The zero-order valence-corrected chi connectivity index (χ0v) is 17.1. The van der Waals surface area contributed by atoms with Gasteiger partial charge in [0.2, 0.25) is 0 Å². The highest BCUT2D eigenvalue weighted by atomic mass is 32.1. The second-order valence-corrected chi connectivity index (χ2v) is 8.72. The number of rotatable bonds is 5. The topological polar surface area (TPSA) is 75.7 Å². The molecule has 1 fully saturated rings. The SMILES string of the molecule is Cc1cnc(-c2cccc(Oc3ccnc4[nH]nc(NC5CCCCC5)c34)c2)s1. The largest absolute Gasteiger partial charge is 0.456 e. The third kappa shape index (κ3) is 3.82. The van der Waals surface area contributed by atoms with Crippen LogP contribution in [-0.2, 0) is 0 Å². The van der Waals surface area contributed by atoms with Gasteiger partial charge in [-0.2, -0.15) is 5.10 Å². The van der Waals surface area contributed by atoms with E-state index in [1.54, 1.807) is 17.5 Å².